The molecule has 146 valence electrons. The predicted octanol–water partition coefficient (Wildman–Crippen LogP) is 4.34. The Morgan fingerprint density at radius 1 is 0.962 bits per heavy atom. The third-order valence-corrected chi connectivity index (χ3v) is 3.25. The SMILES string of the molecule is CC(COC(C)(C)C)OC(=O)OOOC(=O)c1ccc(C(C)(C)C)cc1. The normalized spacial score (nSPS) is 13.0. The number of hydrogen-bond donors (Lipinski definition) is 0. The first-order valence-corrected chi connectivity index (χ1v) is 8.39. The Bertz CT molecular complexity index is 594. The molecule has 0 saturated heterocycles. The Hall–Kier alpha value is -2.12. The van der Waals surface area contributed by atoms with Gasteiger partial charge in [-0.3, -0.25) is 4.89 Å². The Morgan fingerprint density at radius 2 is 1.54 bits per heavy atom. The van der Waals surface area contributed by atoms with Crippen LogP contribution in [-0.4, -0.2) is 30.4 Å². The minimum Gasteiger partial charge on any atom is -0.427 e. The average Bonchev–Trinajstić information content (AvgIpc) is 2.51. The van der Waals surface area contributed by atoms with Gasteiger partial charge in [-0.1, -0.05) is 32.9 Å². The van der Waals surface area contributed by atoms with Crippen molar-refractivity contribution in [3.8, 4) is 0 Å². The molecule has 0 aromatic heterocycles. The topological polar surface area (TPSA) is 80.3 Å². The molecule has 0 heterocycles. The molecule has 1 aromatic rings. The summed E-state index contributed by atoms with van der Waals surface area (Å²) in [6.45, 7) is 13.7. The van der Waals surface area contributed by atoms with Crippen molar-refractivity contribution in [2.45, 2.75) is 65.6 Å². The summed E-state index contributed by atoms with van der Waals surface area (Å²) in [5.41, 5.74) is 0.957. The third-order valence-electron chi connectivity index (χ3n) is 3.25. The lowest BCUT2D eigenvalue weighted by Crippen LogP contribution is -2.28. The predicted molar refractivity (Wildman–Crippen MR) is 94.4 cm³/mol. The molecule has 0 aliphatic heterocycles. The van der Waals surface area contributed by atoms with Gasteiger partial charge in [0.2, 0.25) is 0 Å². The van der Waals surface area contributed by atoms with Crippen LogP contribution in [0.4, 0.5) is 4.79 Å². The van der Waals surface area contributed by atoms with E-state index < -0.39 is 18.2 Å². The molecule has 0 aliphatic carbocycles. The molecule has 0 radical (unpaired) electrons. The maximum absolute atomic E-state index is 11.8. The number of benzene rings is 1. The van der Waals surface area contributed by atoms with Crippen LogP contribution in [0.2, 0.25) is 0 Å². The van der Waals surface area contributed by atoms with Crippen LogP contribution < -0.4 is 0 Å². The Labute approximate surface area is 154 Å². The zero-order valence-corrected chi connectivity index (χ0v) is 16.5. The summed E-state index contributed by atoms with van der Waals surface area (Å²) >= 11 is 0. The van der Waals surface area contributed by atoms with E-state index in [1.54, 1.807) is 19.1 Å². The highest BCUT2D eigenvalue weighted by molar-refractivity contribution is 5.88. The fraction of sp³-hybridized carbons (Fsp3) is 0.579. The van der Waals surface area contributed by atoms with Crippen molar-refractivity contribution in [3.05, 3.63) is 35.4 Å². The van der Waals surface area contributed by atoms with E-state index in [9.17, 15) is 9.59 Å². The maximum Gasteiger partial charge on any atom is 0.543 e. The highest BCUT2D eigenvalue weighted by Gasteiger charge is 2.18. The van der Waals surface area contributed by atoms with E-state index in [4.69, 9.17) is 9.47 Å². The molecule has 26 heavy (non-hydrogen) atoms. The Balaban J connectivity index is 2.36. The molecule has 0 aliphatic rings. The Kier molecular flexibility index (Phi) is 7.59. The second-order valence-electron chi connectivity index (χ2n) is 7.95. The van der Waals surface area contributed by atoms with Gasteiger partial charge in [0.25, 0.3) is 0 Å². The van der Waals surface area contributed by atoms with E-state index in [0.717, 1.165) is 5.56 Å². The second kappa shape index (κ2) is 9.00. The van der Waals surface area contributed by atoms with Crippen molar-refractivity contribution in [2.75, 3.05) is 6.61 Å². The first kappa shape index (κ1) is 21.9. The van der Waals surface area contributed by atoms with Gasteiger partial charge in [0.15, 0.2) is 0 Å². The van der Waals surface area contributed by atoms with Gasteiger partial charge in [-0.15, -0.1) is 0 Å². The molecule has 0 N–H and O–H groups in total. The smallest absolute Gasteiger partial charge is 0.427 e. The van der Waals surface area contributed by atoms with Gasteiger partial charge in [0, 0.05) is 0 Å². The van der Waals surface area contributed by atoms with E-state index in [1.165, 1.54) is 0 Å². The average molecular weight is 368 g/mol. The van der Waals surface area contributed by atoms with Gasteiger partial charge < -0.3 is 9.47 Å². The molecule has 7 heteroatoms. The largest absolute Gasteiger partial charge is 0.543 e. The van der Waals surface area contributed by atoms with Crippen LogP contribution in [0, 0.1) is 0 Å². The molecule has 0 bridgehead atoms. The second-order valence-corrected chi connectivity index (χ2v) is 7.95. The van der Waals surface area contributed by atoms with Crippen molar-refractivity contribution in [1.29, 1.82) is 0 Å². The molecule has 7 nitrogen and oxygen atoms in total. The fourth-order valence-corrected chi connectivity index (χ4v) is 1.82. The number of hydrogen-bond acceptors (Lipinski definition) is 7. The van der Waals surface area contributed by atoms with Gasteiger partial charge in [-0.2, -0.15) is 0 Å². The molecule has 1 atom stereocenters. The molecule has 0 spiro atoms. The van der Waals surface area contributed by atoms with Gasteiger partial charge >= 0.3 is 12.1 Å². The van der Waals surface area contributed by atoms with Crippen LogP contribution in [-0.2, 0) is 29.7 Å². The van der Waals surface area contributed by atoms with Crippen molar-refractivity contribution in [2.24, 2.45) is 0 Å². The number of ether oxygens (including phenoxy) is 2. The first-order chi connectivity index (χ1) is 11.9. The van der Waals surface area contributed by atoms with Gasteiger partial charge in [-0.05, 0) is 50.8 Å². The highest BCUT2D eigenvalue weighted by Crippen LogP contribution is 2.22. The summed E-state index contributed by atoms with van der Waals surface area (Å²) in [6, 6.07) is 6.86. The molecule has 0 amide bonds. The van der Waals surface area contributed by atoms with Gasteiger partial charge in [-0.25, -0.2) is 14.5 Å². The highest BCUT2D eigenvalue weighted by atomic mass is 17.5. The van der Waals surface area contributed by atoms with Crippen LogP contribution in [0.1, 0.15) is 64.4 Å². The summed E-state index contributed by atoms with van der Waals surface area (Å²) in [5.74, 6) is -0.789. The molecule has 0 saturated carbocycles. The third kappa shape index (κ3) is 8.31. The van der Waals surface area contributed by atoms with Gasteiger partial charge in [0.1, 0.15) is 6.10 Å². The maximum atomic E-state index is 11.8. The number of carbonyl (C=O) groups excluding carboxylic acids is 2. The molecular weight excluding hydrogens is 340 g/mol. The summed E-state index contributed by atoms with van der Waals surface area (Å²) in [6.07, 6.45) is -1.68. The van der Waals surface area contributed by atoms with Crippen LogP contribution in [0.25, 0.3) is 0 Å². The quantitative estimate of drug-likeness (QED) is 0.419. The van der Waals surface area contributed by atoms with E-state index in [0.29, 0.717) is 0 Å². The Morgan fingerprint density at radius 3 is 2.04 bits per heavy atom. The van der Waals surface area contributed by atoms with Crippen molar-refractivity contribution < 1.29 is 33.9 Å². The lowest BCUT2D eigenvalue weighted by atomic mass is 9.87. The number of rotatable bonds is 6. The summed E-state index contributed by atoms with van der Waals surface area (Å²) in [4.78, 5) is 31.9. The minimum atomic E-state index is -1.13. The zero-order valence-electron chi connectivity index (χ0n) is 16.5. The summed E-state index contributed by atoms with van der Waals surface area (Å²) < 4.78 is 10.4. The monoisotopic (exact) mass is 368 g/mol. The lowest BCUT2D eigenvalue weighted by Gasteiger charge is -2.22. The van der Waals surface area contributed by atoms with Crippen molar-refractivity contribution in [3.63, 3.8) is 0 Å². The van der Waals surface area contributed by atoms with Crippen molar-refractivity contribution >= 4 is 12.1 Å². The van der Waals surface area contributed by atoms with E-state index in [-0.39, 0.29) is 23.2 Å². The van der Waals surface area contributed by atoms with Crippen LogP contribution in [0.5, 0.6) is 0 Å². The molecule has 1 aromatic carbocycles. The van der Waals surface area contributed by atoms with Gasteiger partial charge in [0.05, 0.1) is 22.8 Å². The van der Waals surface area contributed by atoms with E-state index in [2.05, 4.69) is 35.6 Å². The minimum absolute atomic E-state index is 0.0286. The molecular formula is C19H28O7. The zero-order chi connectivity index (χ0) is 20.0. The first-order valence-electron chi connectivity index (χ1n) is 8.39. The standard InChI is InChI=1S/C19H28O7/c1-13(12-22-19(5,6)7)23-17(21)25-26-24-16(20)14-8-10-15(11-9-14)18(2,3)4/h8-11,13H,12H2,1-7H3. The van der Waals surface area contributed by atoms with Crippen LogP contribution >= 0.6 is 0 Å². The van der Waals surface area contributed by atoms with E-state index in [1.807, 2.05) is 32.9 Å². The molecule has 0 fully saturated rings. The number of carbonyl (C=O) groups is 2. The fourth-order valence-electron chi connectivity index (χ4n) is 1.82. The summed E-state index contributed by atoms with van der Waals surface area (Å²) in [7, 11) is 0. The van der Waals surface area contributed by atoms with Crippen LogP contribution in [0.15, 0.2) is 24.3 Å². The van der Waals surface area contributed by atoms with E-state index >= 15 is 0 Å². The molecule has 1 rings (SSSR count). The summed E-state index contributed by atoms with van der Waals surface area (Å²) in [5, 5.41) is 4.19. The molecule has 1 unspecified atom stereocenters. The lowest BCUT2D eigenvalue weighted by molar-refractivity contribution is -0.453. The van der Waals surface area contributed by atoms with Crippen LogP contribution in [0.3, 0.4) is 0 Å². The van der Waals surface area contributed by atoms with Crippen molar-refractivity contribution in [1.82, 2.24) is 0 Å².